The van der Waals surface area contributed by atoms with Crippen molar-refractivity contribution in [2.75, 3.05) is 25.1 Å². The van der Waals surface area contributed by atoms with Gasteiger partial charge in [0.15, 0.2) is 0 Å². The molecule has 1 amide bonds. The zero-order chi connectivity index (χ0) is 19.1. The molecule has 1 atom stereocenters. The van der Waals surface area contributed by atoms with Gasteiger partial charge in [0.05, 0.1) is 12.7 Å². The molecule has 5 heteroatoms. The SMILES string of the molecule is CC(C)COc1cccc(C(=O)Nc2ccc(OCC3CCCO3)cc2)c1. The lowest BCUT2D eigenvalue weighted by Crippen LogP contribution is -2.16. The number of rotatable bonds is 8. The van der Waals surface area contributed by atoms with E-state index in [1.165, 1.54) is 0 Å². The van der Waals surface area contributed by atoms with E-state index in [-0.39, 0.29) is 12.0 Å². The van der Waals surface area contributed by atoms with Crippen LogP contribution in [0.4, 0.5) is 5.69 Å². The summed E-state index contributed by atoms with van der Waals surface area (Å²) in [6.45, 7) is 6.19. The van der Waals surface area contributed by atoms with Crippen LogP contribution in [0, 0.1) is 5.92 Å². The van der Waals surface area contributed by atoms with Crippen LogP contribution < -0.4 is 14.8 Å². The number of anilines is 1. The van der Waals surface area contributed by atoms with Gasteiger partial charge >= 0.3 is 0 Å². The largest absolute Gasteiger partial charge is 0.493 e. The molecule has 0 aromatic heterocycles. The fraction of sp³-hybridized carbons (Fsp3) is 0.409. The molecule has 2 aromatic carbocycles. The van der Waals surface area contributed by atoms with Gasteiger partial charge in [-0.1, -0.05) is 19.9 Å². The van der Waals surface area contributed by atoms with Crippen LogP contribution in [0.15, 0.2) is 48.5 Å². The molecule has 1 aliphatic heterocycles. The average Bonchev–Trinajstić information content (AvgIpc) is 3.20. The topological polar surface area (TPSA) is 56.8 Å². The Kier molecular flexibility index (Phi) is 6.71. The Balaban J connectivity index is 1.53. The lowest BCUT2D eigenvalue weighted by molar-refractivity contribution is 0.0679. The maximum Gasteiger partial charge on any atom is 0.255 e. The first-order chi connectivity index (χ1) is 13.1. The summed E-state index contributed by atoms with van der Waals surface area (Å²) >= 11 is 0. The third-order valence-electron chi connectivity index (χ3n) is 4.25. The summed E-state index contributed by atoms with van der Waals surface area (Å²) in [6.07, 6.45) is 2.34. The van der Waals surface area contributed by atoms with E-state index in [1.54, 1.807) is 12.1 Å². The lowest BCUT2D eigenvalue weighted by Gasteiger charge is -2.12. The zero-order valence-electron chi connectivity index (χ0n) is 15.9. The molecule has 0 bridgehead atoms. The first kappa shape index (κ1) is 19.2. The van der Waals surface area contributed by atoms with E-state index in [0.717, 1.165) is 30.9 Å². The number of hydrogen-bond acceptors (Lipinski definition) is 4. The number of carbonyl (C=O) groups excluding carboxylic acids is 1. The van der Waals surface area contributed by atoms with Crippen molar-refractivity contribution in [2.45, 2.75) is 32.8 Å². The molecule has 1 aliphatic rings. The Hall–Kier alpha value is -2.53. The first-order valence-corrected chi connectivity index (χ1v) is 9.49. The van der Waals surface area contributed by atoms with Gasteiger partial charge < -0.3 is 19.5 Å². The summed E-state index contributed by atoms with van der Waals surface area (Å²) in [5.41, 5.74) is 1.29. The predicted molar refractivity (Wildman–Crippen MR) is 106 cm³/mol. The second-order valence-corrected chi connectivity index (χ2v) is 7.16. The Bertz CT molecular complexity index is 736. The van der Waals surface area contributed by atoms with E-state index >= 15 is 0 Å². The highest BCUT2D eigenvalue weighted by molar-refractivity contribution is 6.04. The highest BCUT2D eigenvalue weighted by Gasteiger charge is 2.16. The van der Waals surface area contributed by atoms with Crippen molar-refractivity contribution >= 4 is 11.6 Å². The van der Waals surface area contributed by atoms with Crippen LogP contribution in [0.3, 0.4) is 0 Å². The molecule has 2 aromatic rings. The van der Waals surface area contributed by atoms with Crippen LogP contribution in [0.2, 0.25) is 0 Å². The van der Waals surface area contributed by atoms with Crippen LogP contribution in [-0.2, 0) is 4.74 Å². The van der Waals surface area contributed by atoms with Crippen LogP contribution in [0.25, 0.3) is 0 Å². The Morgan fingerprint density at radius 2 is 1.96 bits per heavy atom. The molecule has 1 unspecified atom stereocenters. The number of ether oxygens (including phenoxy) is 3. The maximum absolute atomic E-state index is 12.5. The van der Waals surface area contributed by atoms with Gasteiger partial charge in [0, 0.05) is 17.9 Å². The van der Waals surface area contributed by atoms with Gasteiger partial charge in [0.1, 0.15) is 18.1 Å². The predicted octanol–water partition coefficient (Wildman–Crippen LogP) is 4.53. The molecule has 0 radical (unpaired) electrons. The Morgan fingerprint density at radius 1 is 1.15 bits per heavy atom. The van der Waals surface area contributed by atoms with Crippen molar-refractivity contribution in [3.8, 4) is 11.5 Å². The van der Waals surface area contributed by atoms with E-state index in [1.807, 2.05) is 36.4 Å². The summed E-state index contributed by atoms with van der Waals surface area (Å²) in [7, 11) is 0. The third kappa shape index (κ3) is 6.00. The van der Waals surface area contributed by atoms with Crippen molar-refractivity contribution in [1.29, 1.82) is 0 Å². The maximum atomic E-state index is 12.5. The Labute approximate surface area is 160 Å². The zero-order valence-corrected chi connectivity index (χ0v) is 15.9. The number of nitrogens with one attached hydrogen (secondary N) is 1. The minimum atomic E-state index is -0.168. The monoisotopic (exact) mass is 369 g/mol. The minimum Gasteiger partial charge on any atom is -0.493 e. The fourth-order valence-corrected chi connectivity index (χ4v) is 2.79. The van der Waals surface area contributed by atoms with Gasteiger partial charge in [0.25, 0.3) is 5.91 Å². The molecule has 1 N–H and O–H groups in total. The van der Waals surface area contributed by atoms with E-state index < -0.39 is 0 Å². The molecule has 3 rings (SSSR count). The van der Waals surface area contributed by atoms with Crippen molar-refractivity contribution in [3.05, 3.63) is 54.1 Å². The van der Waals surface area contributed by atoms with Crippen molar-refractivity contribution in [1.82, 2.24) is 0 Å². The number of hydrogen-bond donors (Lipinski definition) is 1. The average molecular weight is 369 g/mol. The molecule has 0 spiro atoms. The lowest BCUT2D eigenvalue weighted by atomic mass is 10.2. The molecule has 0 saturated carbocycles. The summed E-state index contributed by atoms with van der Waals surface area (Å²) in [5, 5.41) is 2.90. The van der Waals surface area contributed by atoms with E-state index in [2.05, 4.69) is 19.2 Å². The molecule has 1 heterocycles. The molecule has 27 heavy (non-hydrogen) atoms. The van der Waals surface area contributed by atoms with E-state index in [4.69, 9.17) is 14.2 Å². The number of benzene rings is 2. The summed E-state index contributed by atoms with van der Waals surface area (Å²) in [5.74, 6) is 1.74. The highest BCUT2D eigenvalue weighted by Crippen LogP contribution is 2.20. The van der Waals surface area contributed by atoms with Gasteiger partial charge in [-0.2, -0.15) is 0 Å². The molecule has 0 aliphatic carbocycles. The van der Waals surface area contributed by atoms with E-state index in [0.29, 0.717) is 30.4 Å². The highest BCUT2D eigenvalue weighted by atomic mass is 16.5. The van der Waals surface area contributed by atoms with Gasteiger partial charge in [-0.05, 0) is 61.2 Å². The molecule has 1 fully saturated rings. The van der Waals surface area contributed by atoms with Gasteiger partial charge in [-0.3, -0.25) is 4.79 Å². The molecule has 1 saturated heterocycles. The summed E-state index contributed by atoms with van der Waals surface area (Å²) in [6, 6.07) is 14.6. The normalized spacial score (nSPS) is 16.3. The second kappa shape index (κ2) is 9.42. The molecular weight excluding hydrogens is 342 g/mol. The third-order valence-corrected chi connectivity index (χ3v) is 4.25. The second-order valence-electron chi connectivity index (χ2n) is 7.16. The standard InChI is InChI=1S/C22H27NO4/c1-16(2)14-26-20-6-3-5-17(13-20)22(24)23-18-8-10-19(11-9-18)27-15-21-7-4-12-25-21/h3,5-6,8-11,13,16,21H,4,7,12,14-15H2,1-2H3,(H,23,24). The van der Waals surface area contributed by atoms with E-state index in [9.17, 15) is 4.79 Å². The first-order valence-electron chi connectivity index (χ1n) is 9.49. The van der Waals surface area contributed by atoms with Crippen molar-refractivity contribution < 1.29 is 19.0 Å². The van der Waals surface area contributed by atoms with Gasteiger partial charge in [-0.25, -0.2) is 0 Å². The smallest absolute Gasteiger partial charge is 0.255 e. The Morgan fingerprint density at radius 3 is 2.67 bits per heavy atom. The quantitative estimate of drug-likeness (QED) is 0.743. The number of carbonyl (C=O) groups is 1. The van der Waals surface area contributed by atoms with Gasteiger partial charge in [-0.15, -0.1) is 0 Å². The van der Waals surface area contributed by atoms with Gasteiger partial charge in [0.2, 0.25) is 0 Å². The molecule has 144 valence electrons. The fourth-order valence-electron chi connectivity index (χ4n) is 2.79. The van der Waals surface area contributed by atoms with Crippen LogP contribution >= 0.6 is 0 Å². The number of amides is 1. The van der Waals surface area contributed by atoms with Crippen molar-refractivity contribution in [3.63, 3.8) is 0 Å². The van der Waals surface area contributed by atoms with Crippen molar-refractivity contribution in [2.24, 2.45) is 5.92 Å². The van der Waals surface area contributed by atoms with Crippen LogP contribution in [0.1, 0.15) is 37.0 Å². The minimum absolute atomic E-state index is 0.168. The van der Waals surface area contributed by atoms with Crippen LogP contribution in [0.5, 0.6) is 11.5 Å². The molecular formula is C22H27NO4. The summed E-state index contributed by atoms with van der Waals surface area (Å²) < 4.78 is 17.0. The molecule has 5 nitrogen and oxygen atoms in total. The summed E-state index contributed by atoms with van der Waals surface area (Å²) in [4.78, 5) is 12.5. The van der Waals surface area contributed by atoms with Crippen LogP contribution in [-0.4, -0.2) is 31.8 Å².